The third-order valence-electron chi connectivity index (χ3n) is 8.95. The second-order valence-electron chi connectivity index (χ2n) is 11.0. The Morgan fingerprint density at radius 1 is 1.00 bits per heavy atom. The first-order valence-corrected chi connectivity index (χ1v) is 14.2. The molecule has 4 aliphatic heterocycles. The van der Waals surface area contributed by atoms with Crippen molar-refractivity contribution in [3.63, 3.8) is 0 Å². The number of nitrogens with zero attached hydrogens (tertiary/aromatic N) is 3. The third kappa shape index (κ3) is 3.41. The van der Waals surface area contributed by atoms with Crippen LogP contribution in [-0.4, -0.2) is 23.4 Å². The number of quaternary nitrogens is 1. The van der Waals surface area contributed by atoms with E-state index in [4.69, 9.17) is 9.73 Å². The van der Waals surface area contributed by atoms with E-state index in [9.17, 15) is 0 Å². The molecule has 0 radical (unpaired) electrons. The number of ether oxygens (including phenoxy) is 1. The molecule has 41 heavy (non-hydrogen) atoms. The van der Waals surface area contributed by atoms with Crippen LogP contribution in [0.15, 0.2) is 150 Å². The summed E-state index contributed by atoms with van der Waals surface area (Å²) < 4.78 is 9.74. The number of hydrogen-bond donors (Lipinski definition) is 0. The molecule has 5 heterocycles. The highest BCUT2D eigenvalue weighted by molar-refractivity contribution is 6.10. The van der Waals surface area contributed by atoms with Crippen molar-refractivity contribution >= 4 is 39.4 Å². The summed E-state index contributed by atoms with van der Waals surface area (Å²) in [5.74, 6) is 0.963. The van der Waals surface area contributed by atoms with Gasteiger partial charge in [-0.05, 0) is 36.4 Å². The van der Waals surface area contributed by atoms with E-state index in [-0.39, 0.29) is 12.0 Å². The van der Waals surface area contributed by atoms with E-state index in [1.807, 2.05) is 18.4 Å². The lowest BCUT2D eigenvalue weighted by Gasteiger charge is -2.32. The van der Waals surface area contributed by atoms with Gasteiger partial charge >= 0.3 is 0 Å². The summed E-state index contributed by atoms with van der Waals surface area (Å²) in [5.41, 5.74) is 9.60. The maximum Gasteiger partial charge on any atom is 0.152 e. The minimum Gasteiger partial charge on any atom is -0.483 e. The van der Waals surface area contributed by atoms with Crippen LogP contribution in [0.3, 0.4) is 0 Å². The summed E-state index contributed by atoms with van der Waals surface area (Å²) in [6.07, 6.45) is 21.0. The smallest absolute Gasteiger partial charge is 0.152 e. The van der Waals surface area contributed by atoms with Gasteiger partial charge in [-0.3, -0.25) is 4.99 Å². The molecule has 0 aliphatic carbocycles. The molecule has 3 unspecified atom stereocenters. The lowest BCUT2D eigenvalue weighted by atomic mass is 9.92. The zero-order valence-corrected chi connectivity index (χ0v) is 22.9. The minimum atomic E-state index is -0.153. The highest BCUT2D eigenvalue weighted by Crippen LogP contribution is 2.49. The fraction of sp³-hybridized carbons (Fsp3) is 0.108. The zero-order chi connectivity index (χ0) is 27.6. The van der Waals surface area contributed by atoms with Gasteiger partial charge in [-0.25, -0.2) is 4.48 Å². The van der Waals surface area contributed by atoms with Crippen molar-refractivity contribution < 1.29 is 4.74 Å². The van der Waals surface area contributed by atoms with Gasteiger partial charge in [0.05, 0.1) is 28.8 Å². The van der Waals surface area contributed by atoms with Crippen molar-refractivity contribution in [3.05, 3.63) is 151 Å². The molecule has 3 atom stereocenters. The fourth-order valence-corrected chi connectivity index (χ4v) is 6.97. The number of benzene rings is 3. The molecule has 4 nitrogen and oxygen atoms in total. The van der Waals surface area contributed by atoms with Gasteiger partial charge in [0.15, 0.2) is 6.10 Å². The summed E-state index contributed by atoms with van der Waals surface area (Å²) in [5, 5.41) is 2.48. The Hall–Kier alpha value is -4.93. The van der Waals surface area contributed by atoms with Gasteiger partial charge in [0.1, 0.15) is 29.9 Å². The van der Waals surface area contributed by atoms with Crippen LogP contribution in [-0.2, 0) is 0 Å². The van der Waals surface area contributed by atoms with Crippen LogP contribution in [0.2, 0.25) is 0 Å². The van der Waals surface area contributed by atoms with Gasteiger partial charge in [-0.1, -0.05) is 67.3 Å². The van der Waals surface area contributed by atoms with E-state index in [0.29, 0.717) is 4.48 Å². The number of para-hydroxylation sites is 2. The average Bonchev–Trinajstić information content (AvgIpc) is 3.63. The number of hydrogen-bond acceptors (Lipinski definition) is 2. The number of aromatic nitrogens is 1. The van der Waals surface area contributed by atoms with Gasteiger partial charge in [-0.15, -0.1) is 0 Å². The van der Waals surface area contributed by atoms with Gasteiger partial charge in [0.25, 0.3) is 0 Å². The van der Waals surface area contributed by atoms with Gasteiger partial charge in [0, 0.05) is 52.8 Å². The molecule has 4 heteroatoms. The quantitative estimate of drug-likeness (QED) is 0.191. The maximum atomic E-state index is 6.75. The van der Waals surface area contributed by atoms with E-state index >= 15 is 0 Å². The van der Waals surface area contributed by atoms with Crippen molar-refractivity contribution in [3.8, 4) is 5.75 Å². The molecule has 0 amide bonds. The van der Waals surface area contributed by atoms with Crippen LogP contribution in [0.4, 0.5) is 5.69 Å². The standard InChI is InChI=1S/C37H30N3O/c1-3-4-13-28-25(2)40(20-11-5-6-12-26(28)24-40)27-18-19-36-31(21-27)32-22-38-23-35(37(32)41-36)39-33-16-9-7-14-29(33)30-15-8-10-17-34(30)39/h3-19,21-24,32,37H,1,20H2,2H3/q+1/b11-5?,12-6?,13-4-. The molecule has 198 valence electrons. The van der Waals surface area contributed by atoms with Gasteiger partial charge in [-0.2, -0.15) is 0 Å². The van der Waals surface area contributed by atoms with E-state index < -0.39 is 0 Å². The molecule has 0 fully saturated rings. The van der Waals surface area contributed by atoms with Gasteiger partial charge in [0.2, 0.25) is 0 Å². The Morgan fingerprint density at radius 2 is 1.78 bits per heavy atom. The average molecular weight is 533 g/mol. The lowest BCUT2D eigenvalue weighted by molar-refractivity contribution is 0.278. The molecular formula is C37H30N3O+. The minimum absolute atomic E-state index is 0.0312. The van der Waals surface area contributed by atoms with E-state index in [1.54, 1.807) is 0 Å². The van der Waals surface area contributed by atoms with E-state index in [1.165, 1.54) is 49.9 Å². The maximum absolute atomic E-state index is 6.75. The Labute approximate surface area is 239 Å². The Bertz CT molecular complexity index is 1940. The molecular weight excluding hydrogens is 502 g/mol. The molecule has 0 N–H and O–H groups in total. The van der Waals surface area contributed by atoms with Crippen molar-refractivity contribution in [1.29, 1.82) is 0 Å². The molecule has 1 aromatic heterocycles. The molecule has 4 aliphatic rings. The lowest BCUT2D eigenvalue weighted by Crippen LogP contribution is -2.40. The molecule has 8 rings (SSSR count). The first kappa shape index (κ1) is 23.9. The molecule has 0 saturated carbocycles. The van der Waals surface area contributed by atoms with Crippen LogP contribution in [0.5, 0.6) is 5.75 Å². The van der Waals surface area contributed by atoms with Crippen molar-refractivity contribution in [1.82, 2.24) is 9.05 Å². The molecule has 0 spiro atoms. The predicted molar refractivity (Wildman–Crippen MR) is 171 cm³/mol. The third-order valence-corrected chi connectivity index (χ3v) is 8.95. The second kappa shape index (κ2) is 9.05. The van der Waals surface area contributed by atoms with Crippen molar-refractivity contribution in [2.45, 2.75) is 18.9 Å². The summed E-state index contributed by atoms with van der Waals surface area (Å²) in [6, 6.07) is 23.9. The first-order valence-electron chi connectivity index (χ1n) is 14.2. The number of fused-ring (bicyclic) bond motifs is 7. The highest BCUT2D eigenvalue weighted by atomic mass is 16.5. The van der Waals surface area contributed by atoms with Crippen molar-refractivity contribution in [2.24, 2.45) is 4.99 Å². The van der Waals surface area contributed by atoms with Crippen LogP contribution < -0.4 is 9.22 Å². The van der Waals surface area contributed by atoms with Gasteiger partial charge < -0.3 is 9.30 Å². The van der Waals surface area contributed by atoms with E-state index in [0.717, 1.165) is 18.0 Å². The molecule has 0 saturated heterocycles. The Kier molecular flexibility index (Phi) is 5.28. The summed E-state index contributed by atoms with van der Waals surface area (Å²) >= 11 is 0. The van der Waals surface area contributed by atoms with Crippen molar-refractivity contribution in [2.75, 3.05) is 6.54 Å². The molecule has 2 bridgehead atoms. The highest BCUT2D eigenvalue weighted by Gasteiger charge is 2.43. The Morgan fingerprint density at radius 3 is 2.56 bits per heavy atom. The van der Waals surface area contributed by atoms with Crippen LogP contribution >= 0.6 is 0 Å². The van der Waals surface area contributed by atoms with Crippen LogP contribution in [0.25, 0.3) is 27.5 Å². The van der Waals surface area contributed by atoms with Crippen LogP contribution in [0, 0.1) is 0 Å². The number of aliphatic imine (C=N–C) groups is 1. The second-order valence-corrected chi connectivity index (χ2v) is 11.0. The normalized spacial score (nSPS) is 24.3. The summed E-state index contributed by atoms with van der Waals surface area (Å²) in [4.78, 5) is 4.79. The molecule has 4 aromatic rings. The number of rotatable bonds is 4. The fourth-order valence-electron chi connectivity index (χ4n) is 6.97. The monoisotopic (exact) mass is 532 g/mol. The summed E-state index contributed by atoms with van der Waals surface area (Å²) in [6.45, 7) is 6.98. The van der Waals surface area contributed by atoms with E-state index in [2.05, 4.69) is 128 Å². The SMILES string of the molecule is C=C/C=C\C1=C(C)[N+]2(c3ccc4c(c3)C3C=NC=C(n5c6ccccc6c6ccccc65)C3O4)C=C1C=CC=CC2. The topological polar surface area (TPSA) is 26.5 Å². The number of allylic oxidation sites excluding steroid dienone is 9. The predicted octanol–water partition coefficient (Wildman–Crippen LogP) is 8.57. The first-order chi connectivity index (χ1) is 20.2. The zero-order valence-electron chi connectivity index (χ0n) is 22.9. The largest absolute Gasteiger partial charge is 0.483 e. The van der Waals surface area contributed by atoms with Crippen LogP contribution in [0.1, 0.15) is 18.4 Å². The Balaban J connectivity index is 1.24. The summed E-state index contributed by atoms with van der Waals surface area (Å²) in [7, 11) is 0. The molecule has 3 aromatic carbocycles.